The van der Waals surface area contributed by atoms with E-state index < -0.39 is 10.0 Å². The van der Waals surface area contributed by atoms with E-state index in [1.54, 1.807) is 16.6 Å². The van der Waals surface area contributed by atoms with Gasteiger partial charge in [0.15, 0.2) is 5.65 Å². The van der Waals surface area contributed by atoms with Crippen LogP contribution in [0.2, 0.25) is 0 Å². The Hall–Kier alpha value is -2.25. The molecular formula is C21H26N4O2S. The van der Waals surface area contributed by atoms with Crippen LogP contribution in [0.4, 0.5) is 0 Å². The van der Waals surface area contributed by atoms with E-state index in [-0.39, 0.29) is 6.04 Å². The average Bonchev–Trinajstić information content (AvgIpc) is 3.06. The number of rotatable bonds is 4. The van der Waals surface area contributed by atoms with Gasteiger partial charge in [0.1, 0.15) is 11.3 Å². The molecule has 0 atom stereocenters. The number of sulfonamides is 1. The third-order valence-corrected chi connectivity index (χ3v) is 7.63. The van der Waals surface area contributed by atoms with Crippen molar-refractivity contribution in [1.29, 1.82) is 0 Å². The summed E-state index contributed by atoms with van der Waals surface area (Å²) in [7, 11) is -3.47. The molecule has 0 amide bonds. The lowest BCUT2D eigenvalue weighted by Crippen LogP contribution is -2.39. The Morgan fingerprint density at radius 3 is 2.57 bits per heavy atom. The highest BCUT2D eigenvalue weighted by molar-refractivity contribution is 7.89. The standard InChI is InChI=1S/C21H26N4O2S/c1-4-20-23-18-6-5-11-22-21(18)25(20)17-9-12-24(13-10-17)28(26,27)19-8-7-15(2)14-16(19)3/h5-8,11,14,17H,4,9-10,12-13H2,1-3H3. The minimum atomic E-state index is -3.47. The van der Waals surface area contributed by atoms with Crippen molar-refractivity contribution in [1.82, 2.24) is 18.8 Å². The van der Waals surface area contributed by atoms with Crippen LogP contribution in [0.25, 0.3) is 11.2 Å². The highest BCUT2D eigenvalue weighted by Gasteiger charge is 2.32. The third-order valence-electron chi connectivity index (χ3n) is 5.57. The average molecular weight is 399 g/mol. The van der Waals surface area contributed by atoms with Crippen molar-refractivity contribution >= 4 is 21.2 Å². The minimum absolute atomic E-state index is 0.223. The number of hydrogen-bond donors (Lipinski definition) is 0. The van der Waals surface area contributed by atoms with Crippen LogP contribution in [0, 0.1) is 13.8 Å². The molecule has 6 nitrogen and oxygen atoms in total. The molecule has 3 heterocycles. The Morgan fingerprint density at radius 1 is 1.14 bits per heavy atom. The first-order chi connectivity index (χ1) is 13.4. The number of fused-ring (bicyclic) bond motifs is 1. The second-order valence-electron chi connectivity index (χ2n) is 7.50. The fourth-order valence-electron chi connectivity index (χ4n) is 4.18. The van der Waals surface area contributed by atoms with Crippen molar-refractivity contribution in [3.05, 3.63) is 53.5 Å². The maximum Gasteiger partial charge on any atom is 0.243 e. The van der Waals surface area contributed by atoms with Crippen LogP contribution in [0.1, 0.15) is 42.8 Å². The van der Waals surface area contributed by atoms with Gasteiger partial charge in [-0.25, -0.2) is 18.4 Å². The summed E-state index contributed by atoms with van der Waals surface area (Å²) in [5.41, 5.74) is 3.68. The van der Waals surface area contributed by atoms with Crippen molar-refractivity contribution in [2.75, 3.05) is 13.1 Å². The van der Waals surface area contributed by atoms with Gasteiger partial charge in [0, 0.05) is 31.7 Å². The molecule has 28 heavy (non-hydrogen) atoms. The molecule has 4 rings (SSSR count). The molecule has 1 aliphatic rings. The van der Waals surface area contributed by atoms with Crippen molar-refractivity contribution in [3.8, 4) is 0 Å². The molecule has 3 aromatic rings. The molecule has 0 saturated carbocycles. The summed E-state index contributed by atoms with van der Waals surface area (Å²) in [6, 6.07) is 9.63. The van der Waals surface area contributed by atoms with E-state index >= 15 is 0 Å². The normalized spacial score (nSPS) is 16.7. The Balaban J connectivity index is 1.59. The van der Waals surface area contributed by atoms with Crippen molar-refractivity contribution in [3.63, 3.8) is 0 Å². The van der Waals surface area contributed by atoms with Gasteiger partial charge in [-0.2, -0.15) is 4.31 Å². The fraction of sp³-hybridized carbons (Fsp3) is 0.429. The Morgan fingerprint density at radius 2 is 1.89 bits per heavy atom. The highest BCUT2D eigenvalue weighted by Crippen LogP contribution is 2.31. The van der Waals surface area contributed by atoms with E-state index in [4.69, 9.17) is 4.98 Å². The molecule has 1 aliphatic heterocycles. The van der Waals surface area contributed by atoms with Crippen molar-refractivity contribution < 1.29 is 8.42 Å². The Labute approximate surface area is 166 Å². The molecule has 0 radical (unpaired) electrons. The second kappa shape index (κ2) is 7.29. The van der Waals surface area contributed by atoms with Gasteiger partial charge in [-0.15, -0.1) is 0 Å². The SMILES string of the molecule is CCc1nc2cccnc2n1C1CCN(S(=O)(=O)c2ccc(C)cc2C)CC1. The molecule has 0 N–H and O–H groups in total. The largest absolute Gasteiger partial charge is 0.309 e. The van der Waals surface area contributed by atoms with Gasteiger partial charge in [0.2, 0.25) is 10.0 Å². The first-order valence-electron chi connectivity index (χ1n) is 9.81. The quantitative estimate of drug-likeness (QED) is 0.673. The number of imidazole rings is 1. The number of nitrogens with zero attached hydrogens (tertiary/aromatic N) is 4. The van der Waals surface area contributed by atoms with Gasteiger partial charge in [-0.05, 0) is 50.5 Å². The van der Waals surface area contributed by atoms with Crippen LogP contribution < -0.4 is 0 Å². The summed E-state index contributed by atoms with van der Waals surface area (Å²) >= 11 is 0. The van der Waals surface area contributed by atoms with Crippen LogP contribution in [0.15, 0.2) is 41.4 Å². The zero-order valence-corrected chi connectivity index (χ0v) is 17.4. The van der Waals surface area contributed by atoms with Gasteiger partial charge in [-0.1, -0.05) is 24.6 Å². The van der Waals surface area contributed by atoms with Crippen molar-refractivity contribution in [2.24, 2.45) is 0 Å². The summed E-state index contributed by atoms with van der Waals surface area (Å²) in [6.45, 7) is 6.95. The van der Waals surface area contributed by atoms with E-state index in [0.717, 1.165) is 47.4 Å². The molecule has 148 valence electrons. The maximum absolute atomic E-state index is 13.1. The first kappa shape index (κ1) is 19.1. The number of aromatic nitrogens is 3. The lowest BCUT2D eigenvalue weighted by Gasteiger charge is -2.33. The summed E-state index contributed by atoms with van der Waals surface area (Å²) in [5, 5.41) is 0. The highest BCUT2D eigenvalue weighted by atomic mass is 32.2. The third kappa shape index (κ3) is 3.22. The number of aryl methyl sites for hydroxylation is 3. The molecule has 0 unspecified atom stereocenters. The molecule has 0 bridgehead atoms. The zero-order chi connectivity index (χ0) is 19.9. The van der Waals surface area contributed by atoms with E-state index in [1.165, 1.54) is 0 Å². The number of piperidine rings is 1. The summed E-state index contributed by atoms with van der Waals surface area (Å²) in [6.07, 6.45) is 4.15. The number of hydrogen-bond acceptors (Lipinski definition) is 4. The number of pyridine rings is 1. The summed E-state index contributed by atoms with van der Waals surface area (Å²) in [4.78, 5) is 9.66. The lowest BCUT2D eigenvalue weighted by molar-refractivity contribution is 0.273. The van der Waals surface area contributed by atoms with Crippen molar-refractivity contribution in [2.45, 2.75) is 51.0 Å². The smallest absolute Gasteiger partial charge is 0.243 e. The Kier molecular flexibility index (Phi) is 4.97. The summed E-state index contributed by atoms with van der Waals surface area (Å²) in [5.74, 6) is 1.02. The molecule has 7 heteroatoms. The van der Waals surface area contributed by atoms with Gasteiger partial charge in [0.25, 0.3) is 0 Å². The van der Waals surface area contributed by atoms with E-state index in [9.17, 15) is 8.42 Å². The second-order valence-corrected chi connectivity index (χ2v) is 9.41. The minimum Gasteiger partial charge on any atom is -0.309 e. The predicted molar refractivity (Wildman–Crippen MR) is 110 cm³/mol. The Bertz CT molecular complexity index is 1110. The number of benzene rings is 1. The van der Waals surface area contributed by atoms with Crippen LogP contribution in [0.5, 0.6) is 0 Å². The van der Waals surface area contributed by atoms with E-state index in [0.29, 0.717) is 18.0 Å². The molecule has 0 aliphatic carbocycles. The lowest BCUT2D eigenvalue weighted by atomic mass is 10.1. The van der Waals surface area contributed by atoms with Crippen LogP contribution in [-0.4, -0.2) is 40.3 Å². The molecule has 0 spiro atoms. The monoisotopic (exact) mass is 398 g/mol. The topological polar surface area (TPSA) is 68.1 Å². The van der Waals surface area contributed by atoms with Gasteiger partial charge >= 0.3 is 0 Å². The van der Waals surface area contributed by atoms with Gasteiger partial charge in [0.05, 0.1) is 4.90 Å². The van der Waals surface area contributed by atoms with Crippen LogP contribution in [0.3, 0.4) is 0 Å². The van der Waals surface area contributed by atoms with Crippen LogP contribution in [-0.2, 0) is 16.4 Å². The molecule has 1 aromatic carbocycles. The van der Waals surface area contributed by atoms with Gasteiger partial charge < -0.3 is 4.57 Å². The maximum atomic E-state index is 13.1. The first-order valence-corrected chi connectivity index (χ1v) is 11.2. The van der Waals surface area contributed by atoms with E-state index in [1.807, 2.05) is 38.1 Å². The molecular weight excluding hydrogens is 372 g/mol. The molecule has 1 saturated heterocycles. The summed E-state index contributed by atoms with van der Waals surface area (Å²) < 4.78 is 30.1. The predicted octanol–water partition coefficient (Wildman–Crippen LogP) is 3.64. The van der Waals surface area contributed by atoms with E-state index in [2.05, 4.69) is 16.5 Å². The van der Waals surface area contributed by atoms with Crippen LogP contribution >= 0.6 is 0 Å². The fourth-order valence-corrected chi connectivity index (χ4v) is 5.85. The zero-order valence-electron chi connectivity index (χ0n) is 16.6. The molecule has 1 fully saturated rings. The van der Waals surface area contributed by atoms with Gasteiger partial charge in [-0.3, -0.25) is 0 Å². The molecule has 2 aromatic heterocycles.